The van der Waals surface area contributed by atoms with Crippen molar-refractivity contribution in [3.63, 3.8) is 0 Å². The summed E-state index contributed by atoms with van der Waals surface area (Å²) in [6.07, 6.45) is 0.715. The highest BCUT2D eigenvalue weighted by Gasteiger charge is 2.05. The highest BCUT2D eigenvalue weighted by molar-refractivity contribution is 6.23. The quantitative estimate of drug-likeness (QED) is 0.311. The summed E-state index contributed by atoms with van der Waals surface area (Å²) in [4.78, 5) is 9.70. The van der Waals surface area contributed by atoms with Crippen molar-refractivity contribution in [3.05, 3.63) is 0 Å². The monoisotopic (exact) mass is 85.1 g/mol. The highest BCUT2D eigenvalue weighted by Crippen LogP contribution is 1.78. The summed E-state index contributed by atoms with van der Waals surface area (Å²) in [7, 11) is 1.65. The van der Waals surface area contributed by atoms with Crippen molar-refractivity contribution in [2.75, 3.05) is 0 Å². The Hall–Kier alpha value is -0.305. The lowest BCUT2D eigenvalue weighted by molar-refractivity contribution is -0.109. The molecule has 0 aliphatic carbocycles. The number of nitrogens with two attached hydrogens (primary N) is 1. The zero-order chi connectivity index (χ0) is 5.21. The molecule has 1 atom stereocenters. The van der Waals surface area contributed by atoms with Gasteiger partial charge in [-0.3, -0.25) is 0 Å². The molecule has 0 saturated heterocycles. The third-order valence-corrected chi connectivity index (χ3v) is 0.304. The van der Waals surface area contributed by atoms with Crippen molar-refractivity contribution in [1.82, 2.24) is 0 Å². The normalized spacial score (nSPS) is 19.0. The summed E-state index contributed by atoms with van der Waals surface area (Å²) in [5.74, 6) is 0. The largest absolute Gasteiger partial charge is 0.326 e. The first-order valence-electron chi connectivity index (χ1n) is 1.81. The van der Waals surface area contributed by atoms with Crippen LogP contribution in [0.4, 0.5) is 0 Å². The van der Waals surface area contributed by atoms with E-state index in [-0.39, 0.29) is 0 Å². The van der Waals surface area contributed by atoms with E-state index in [1.54, 1.807) is 14.8 Å². The van der Waals surface area contributed by atoms with Crippen LogP contribution in [-0.2, 0) is 4.79 Å². The van der Waals surface area contributed by atoms with Crippen molar-refractivity contribution in [2.45, 2.75) is 12.4 Å². The molecule has 0 bridgehead atoms. The van der Waals surface area contributed by atoms with Gasteiger partial charge in [0, 0.05) is 5.44 Å². The van der Waals surface area contributed by atoms with Crippen LogP contribution in [-0.4, -0.2) is 19.6 Å². The predicted octanol–water partition coefficient (Wildman–Crippen LogP) is -1.51. The van der Waals surface area contributed by atoms with Gasteiger partial charge in [0.25, 0.3) is 0 Å². The number of carbonyl (C=O) groups is 1. The molecule has 0 aromatic carbocycles. The molecule has 0 aromatic rings. The first-order valence-corrected chi connectivity index (χ1v) is 1.81. The van der Waals surface area contributed by atoms with E-state index in [0.717, 1.165) is 0 Å². The minimum atomic E-state index is -0.639. The van der Waals surface area contributed by atoms with Gasteiger partial charge in [-0.05, 0) is 6.92 Å². The third-order valence-electron chi connectivity index (χ3n) is 0.304. The summed E-state index contributed by atoms with van der Waals surface area (Å²) in [5, 5.41) is 0. The lowest BCUT2D eigenvalue weighted by atomic mass is 9.83. The topological polar surface area (TPSA) is 43.1 Å². The first-order chi connectivity index (χ1) is 2.56. The Kier molecular flexibility index (Phi) is 1.36. The van der Waals surface area contributed by atoms with Crippen LogP contribution in [0.1, 0.15) is 6.92 Å². The van der Waals surface area contributed by atoms with E-state index in [9.17, 15) is 4.79 Å². The number of carbonyl (C=O) groups excluding carboxylic acids is 1. The Bertz CT molecular complexity index is 56.3. The maximum absolute atomic E-state index is 9.70. The zero-order valence-electron chi connectivity index (χ0n) is 4.06. The SMILES string of the molecule is BC(C)(N)C=O. The summed E-state index contributed by atoms with van der Waals surface area (Å²) in [6, 6.07) is 0. The molecule has 34 valence electrons. The smallest absolute Gasteiger partial charge is 0.136 e. The van der Waals surface area contributed by atoms with Gasteiger partial charge in [0.2, 0.25) is 0 Å². The number of hydrogen-bond donors (Lipinski definition) is 1. The second-order valence-electron chi connectivity index (χ2n) is 1.94. The molecule has 2 nitrogen and oxygen atoms in total. The van der Waals surface area contributed by atoms with E-state index in [4.69, 9.17) is 5.73 Å². The van der Waals surface area contributed by atoms with Crippen molar-refractivity contribution < 1.29 is 4.79 Å². The molecular weight excluding hydrogens is 76.9 g/mol. The molecular formula is C3H8BNO. The number of aldehydes is 1. The molecule has 6 heavy (non-hydrogen) atoms. The van der Waals surface area contributed by atoms with Crippen LogP contribution in [0.3, 0.4) is 0 Å². The average molecular weight is 84.9 g/mol. The third kappa shape index (κ3) is 3.69. The maximum Gasteiger partial charge on any atom is 0.136 e. The van der Waals surface area contributed by atoms with Gasteiger partial charge in [0.15, 0.2) is 0 Å². The molecule has 0 spiro atoms. The second-order valence-corrected chi connectivity index (χ2v) is 1.94. The van der Waals surface area contributed by atoms with Crippen molar-refractivity contribution in [1.29, 1.82) is 0 Å². The molecule has 0 aliphatic rings. The summed E-state index contributed by atoms with van der Waals surface area (Å²) in [5.41, 5.74) is 4.53. The Balaban J connectivity index is 3.45. The highest BCUT2D eigenvalue weighted by atomic mass is 16.1. The van der Waals surface area contributed by atoms with E-state index in [1.807, 2.05) is 0 Å². The molecule has 3 heteroatoms. The van der Waals surface area contributed by atoms with Gasteiger partial charge in [-0.2, -0.15) is 0 Å². The predicted molar refractivity (Wildman–Crippen MR) is 27.2 cm³/mol. The molecule has 0 rings (SSSR count). The molecule has 1 unspecified atom stereocenters. The molecule has 0 fully saturated rings. The summed E-state index contributed by atoms with van der Waals surface area (Å²) in [6.45, 7) is 1.65. The average Bonchev–Trinajstić information content (AvgIpc) is 1.35. The van der Waals surface area contributed by atoms with Gasteiger partial charge in [-0.1, -0.05) is 0 Å². The van der Waals surface area contributed by atoms with E-state index in [1.165, 1.54) is 0 Å². The molecule has 0 saturated carbocycles. The summed E-state index contributed by atoms with van der Waals surface area (Å²) >= 11 is 0. The van der Waals surface area contributed by atoms with Gasteiger partial charge in [-0.25, -0.2) is 0 Å². The number of hydrogen-bond acceptors (Lipinski definition) is 2. The van der Waals surface area contributed by atoms with Crippen molar-refractivity contribution >= 4 is 14.1 Å². The van der Waals surface area contributed by atoms with Gasteiger partial charge >= 0.3 is 0 Å². The zero-order valence-corrected chi connectivity index (χ0v) is 4.06. The minimum absolute atomic E-state index is 0.639. The Morgan fingerprint density at radius 2 is 2.17 bits per heavy atom. The van der Waals surface area contributed by atoms with Crippen LogP contribution >= 0.6 is 0 Å². The van der Waals surface area contributed by atoms with Crippen LogP contribution in [0.5, 0.6) is 0 Å². The fourth-order valence-electron chi connectivity index (χ4n) is 0. The van der Waals surface area contributed by atoms with Crippen molar-refractivity contribution in [3.8, 4) is 0 Å². The van der Waals surface area contributed by atoms with E-state index < -0.39 is 5.44 Å². The first kappa shape index (κ1) is 5.69. The van der Waals surface area contributed by atoms with Gasteiger partial charge in [0.1, 0.15) is 14.1 Å². The van der Waals surface area contributed by atoms with Gasteiger partial charge in [0.05, 0.1) is 0 Å². The minimum Gasteiger partial charge on any atom is -0.326 e. The van der Waals surface area contributed by atoms with Crippen LogP contribution < -0.4 is 5.73 Å². The Morgan fingerprint density at radius 3 is 2.17 bits per heavy atom. The molecule has 0 aliphatic heterocycles. The van der Waals surface area contributed by atoms with Crippen molar-refractivity contribution in [2.24, 2.45) is 5.73 Å². The Morgan fingerprint density at radius 1 is 2.00 bits per heavy atom. The lowest BCUT2D eigenvalue weighted by Crippen LogP contribution is -2.37. The van der Waals surface area contributed by atoms with Gasteiger partial charge < -0.3 is 10.5 Å². The number of rotatable bonds is 1. The van der Waals surface area contributed by atoms with Crippen LogP contribution in [0.2, 0.25) is 0 Å². The van der Waals surface area contributed by atoms with Crippen LogP contribution in [0, 0.1) is 0 Å². The summed E-state index contributed by atoms with van der Waals surface area (Å²) < 4.78 is 0. The lowest BCUT2D eigenvalue weighted by Gasteiger charge is -2.04. The molecule has 0 heterocycles. The van der Waals surface area contributed by atoms with E-state index in [0.29, 0.717) is 6.29 Å². The maximum atomic E-state index is 9.70. The standard InChI is InChI=1S/C3H8BNO/c1-3(4,5)2-6/h2H,4-5H2,1H3. The van der Waals surface area contributed by atoms with Crippen LogP contribution in [0.15, 0.2) is 0 Å². The molecule has 2 N–H and O–H groups in total. The molecule has 0 aromatic heterocycles. The van der Waals surface area contributed by atoms with Crippen LogP contribution in [0.25, 0.3) is 0 Å². The van der Waals surface area contributed by atoms with Gasteiger partial charge in [-0.15, -0.1) is 0 Å². The fraction of sp³-hybridized carbons (Fsp3) is 0.667. The van der Waals surface area contributed by atoms with E-state index in [2.05, 4.69) is 0 Å². The fourth-order valence-corrected chi connectivity index (χ4v) is 0. The van der Waals surface area contributed by atoms with E-state index >= 15 is 0 Å². The Labute approximate surface area is 38.1 Å². The molecule has 0 amide bonds. The second kappa shape index (κ2) is 1.43. The molecule has 0 radical (unpaired) electrons.